The SMILES string of the molecule is C/C(=C\N[S@@](=O)C(C)(C)C)c1cccc2c1OCC2(F)F. The first-order valence-electron chi connectivity index (χ1n) is 6.62. The summed E-state index contributed by atoms with van der Waals surface area (Å²) in [7, 11) is -1.26. The molecular formula is C15H19F2NO2S. The first-order valence-corrected chi connectivity index (χ1v) is 7.77. The number of rotatable bonds is 3. The third kappa shape index (κ3) is 3.26. The standard InChI is InChI=1S/C15H19F2NO2S/c1-10(8-18-21(19)14(2,3)4)11-6-5-7-12-13(11)20-9-15(12,16)17/h5-8,18H,9H2,1-4H3/b10-8+/t21-/m0/s1. The smallest absolute Gasteiger partial charge is 0.310 e. The largest absolute Gasteiger partial charge is 0.486 e. The van der Waals surface area contributed by atoms with Gasteiger partial charge >= 0.3 is 5.92 Å². The molecule has 6 heteroatoms. The molecule has 3 nitrogen and oxygen atoms in total. The Labute approximate surface area is 126 Å². The zero-order chi connectivity index (χ0) is 15.8. The van der Waals surface area contributed by atoms with Crippen LogP contribution in [0, 0.1) is 0 Å². The third-order valence-electron chi connectivity index (χ3n) is 3.17. The zero-order valence-corrected chi connectivity index (χ0v) is 13.3. The minimum atomic E-state index is -2.95. The topological polar surface area (TPSA) is 38.3 Å². The minimum absolute atomic E-state index is 0.0929. The number of hydrogen-bond acceptors (Lipinski definition) is 2. The van der Waals surface area contributed by atoms with E-state index in [-0.39, 0.29) is 11.3 Å². The molecule has 0 spiro atoms. The first kappa shape index (κ1) is 15.9. The fourth-order valence-electron chi connectivity index (χ4n) is 1.93. The van der Waals surface area contributed by atoms with Crippen molar-refractivity contribution in [2.24, 2.45) is 0 Å². The summed E-state index contributed by atoms with van der Waals surface area (Å²) in [6.07, 6.45) is 1.58. The Kier molecular flexibility index (Phi) is 4.10. The van der Waals surface area contributed by atoms with Crippen LogP contribution in [0.2, 0.25) is 0 Å². The van der Waals surface area contributed by atoms with Gasteiger partial charge in [-0.05, 0) is 39.3 Å². The summed E-state index contributed by atoms with van der Waals surface area (Å²) < 4.78 is 46.8. The van der Waals surface area contributed by atoms with Crippen LogP contribution in [-0.4, -0.2) is 15.6 Å². The molecule has 1 heterocycles. The van der Waals surface area contributed by atoms with Gasteiger partial charge in [-0.2, -0.15) is 8.78 Å². The summed E-state index contributed by atoms with van der Waals surface area (Å²) in [4.78, 5) is 0. The van der Waals surface area contributed by atoms with Crippen molar-refractivity contribution in [3.05, 3.63) is 35.5 Å². The van der Waals surface area contributed by atoms with Crippen molar-refractivity contribution in [2.75, 3.05) is 6.61 Å². The van der Waals surface area contributed by atoms with E-state index in [1.807, 2.05) is 20.8 Å². The molecule has 0 amide bonds. The molecule has 0 aromatic heterocycles. The van der Waals surface area contributed by atoms with Crippen molar-refractivity contribution in [3.63, 3.8) is 0 Å². The van der Waals surface area contributed by atoms with Crippen molar-refractivity contribution in [2.45, 2.75) is 38.4 Å². The number of alkyl halides is 2. The van der Waals surface area contributed by atoms with Crippen LogP contribution in [0.25, 0.3) is 5.57 Å². The van der Waals surface area contributed by atoms with Crippen molar-refractivity contribution in [1.29, 1.82) is 0 Å². The summed E-state index contributed by atoms with van der Waals surface area (Å²) in [5.41, 5.74) is 1.19. The Hall–Kier alpha value is -1.43. The molecule has 1 aliphatic rings. The molecule has 116 valence electrons. The van der Waals surface area contributed by atoms with Crippen molar-refractivity contribution in [3.8, 4) is 5.75 Å². The van der Waals surface area contributed by atoms with Gasteiger partial charge in [0.25, 0.3) is 0 Å². The van der Waals surface area contributed by atoms with E-state index in [2.05, 4.69) is 4.72 Å². The molecule has 0 aliphatic carbocycles. The van der Waals surface area contributed by atoms with Gasteiger partial charge in [0.15, 0.2) is 6.61 Å². The van der Waals surface area contributed by atoms with E-state index in [4.69, 9.17) is 4.74 Å². The summed E-state index contributed by atoms with van der Waals surface area (Å²) in [6, 6.07) is 4.67. The van der Waals surface area contributed by atoms with E-state index in [0.717, 1.165) is 0 Å². The molecular weight excluding hydrogens is 296 g/mol. The fourth-order valence-corrected chi connectivity index (χ4v) is 2.57. The molecule has 21 heavy (non-hydrogen) atoms. The molecule has 0 fully saturated rings. The van der Waals surface area contributed by atoms with Gasteiger partial charge in [0.1, 0.15) is 16.7 Å². The van der Waals surface area contributed by atoms with Crippen LogP contribution in [0.4, 0.5) is 8.78 Å². The van der Waals surface area contributed by atoms with Crippen molar-refractivity contribution >= 4 is 16.6 Å². The van der Waals surface area contributed by atoms with E-state index in [0.29, 0.717) is 11.1 Å². The predicted molar refractivity (Wildman–Crippen MR) is 80.5 cm³/mol. The molecule has 0 saturated carbocycles. The van der Waals surface area contributed by atoms with Gasteiger partial charge in [-0.15, -0.1) is 0 Å². The van der Waals surface area contributed by atoms with Gasteiger partial charge in [-0.25, -0.2) is 4.21 Å². The lowest BCUT2D eigenvalue weighted by atomic mass is 10.0. The van der Waals surface area contributed by atoms with Crippen LogP contribution in [-0.2, 0) is 16.9 Å². The molecule has 1 atom stereocenters. The lowest BCUT2D eigenvalue weighted by molar-refractivity contribution is -0.0214. The number of halogens is 2. The van der Waals surface area contributed by atoms with Gasteiger partial charge in [-0.3, -0.25) is 0 Å². The first-order chi connectivity index (χ1) is 9.63. The van der Waals surface area contributed by atoms with Gasteiger partial charge in [0.05, 0.1) is 10.3 Å². The van der Waals surface area contributed by atoms with E-state index < -0.39 is 28.3 Å². The van der Waals surface area contributed by atoms with Crippen LogP contribution < -0.4 is 9.46 Å². The second-order valence-electron chi connectivity index (χ2n) is 6.00. The number of para-hydroxylation sites is 1. The highest BCUT2D eigenvalue weighted by Crippen LogP contribution is 2.44. The molecule has 1 aliphatic heterocycles. The van der Waals surface area contributed by atoms with E-state index in [1.165, 1.54) is 6.07 Å². The maximum Gasteiger partial charge on any atom is 0.310 e. The number of allylic oxidation sites excluding steroid dienone is 1. The molecule has 1 aromatic rings. The Morgan fingerprint density at radius 2 is 2.10 bits per heavy atom. The minimum Gasteiger partial charge on any atom is -0.486 e. The van der Waals surface area contributed by atoms with E-state index >= 15 is 0 Å². The molecule has 0 saturated heterocycles. The second-order valence-corrected chi connectivity index (χ2v) is 8.00. The summed E-state index contributed by atoms with van der Waals surface area (Å²) in [5, 5.41) is 0. The molecule has 1 N–H and O–H groups in total. The fraction of sp³-hybridized carbons (Fsp3) is 0.467. The van der Waals surface area contributed by atoms with Gasteiger partial charge in [-0.1, -0.05) is 12.1 Å². The highest BCUT2D eigenvalue weighted by molar-refractivity contribution is 7.84. The summed E-state index contributed by atoms with van der Waals surface area (Å²) in [5.74, 6) is -2.74. The predicted octanol–water partition coefficient (Wildman–Crippen LogP) is 3.58. The Bertz CT molecular complexity index is 606. The average Bonchev–Trinajstić information content (AvgIpc) is 2.70. The van der Waals surface area contributed by atoms with Crippen LogP contribution in [0.1, 0.15) is 38.8 Å². The maximum absolute atomic E-state index is 13.6. The Morgan fingerprint density at radius 3 is 2.71 bits per heavy atom. The highest BCUT2D eigenvalue weighted by atomic mass is 32.2. The maximum atomic E-state index is 13.6. The van der Waals surface area contributed by atoms with Crippen LogP contribution >= 0.6 is 0 Å². The number of nitrogens with one attached hydrogen (secondary N) is 1. The quantitative estimate of drug-likeness (QED) is 0.926. The van der Waals surface area contributed by atoms with Gasteiger partial charge in [0.2, 0.25) is 0 Å². The van der Waals surface area contributed by atoms with Crippen molar-refractivity contribution in [1.82, 2.24) is 4.72 Å². The molecule has 0 bridgehead atoms. The average molecular weight is 315 g/mol. The van der Waals surface area contributed by atoms with Gasteiger partial charge in [0, 0.05) is 11.8 Å². The highest BCUT2D eigenvalue weighted by Gasteiger charge is 2.42. The van der Waals surface area contributed by atoms with Gasteiger partial charge < -0.3 is 9.46 Å². The Balaban J connectivity index is 2.28. The monoisotopic (exact) mass is 315 g/mol. The van der Waals surface area contributed by atoms with Crippen molar-refractivity contribution < 1.29 is 17.7 Å². The molecule has 0 unspecified atom stereocenters. The normalized spacial score (nSPS) is 18.9. The number of hydrogen-bond donors (Lipinski definition) is 1. The number of benzene rings is 1. The van der Waals surface area contributed by atoms with Crippen LogP contribution in [0.5, 0.6) is 5.75 Å². The van der Waals surface area contributed by atoms with E-state index in [9.17, 15) is 13.0 Å². The number of fused-ring (bicyclic) bond motifs is 1. The van der Waals surface area contributed by atoms with Crippen LogP contribution in [0.3, 0.4) is 0 Å². The molecule has 0 radical (unpaired) electrons. The summed E-state index contributed by atoms with van der Waals surface area (Å²) in [6.45, 7) is 6.69. The molecule has 2 rings (SSSR count). The Morgan fingerprint density at radius 1 is 1.43 bits per heavy atom. The molecule has 1 aromatic carbocycles. The third-order valence-corrected chi connectivity index (χ3v) is 4.61. The number of ether oxygens (including phenoxy) is 1. The lowest BCUT2D eigenvalue weighted by Gasteiger charge is -2.17. The van der Waals surface area contributed by atoms with Crippen LogP contribution in [0.15, 0.2) is 24.4 Å². The zero-order valence-electron chi connectivity index (χ0n) is 12.5. The summed E-state index contributed by atoms with van der Waals surface area (Å²) >= 11 is 0. The van der Waals surface area contributed by atoms with E-state index in [1.54, 1.807) is 25.3 Å². The second kappa shape index (κ2) is 5.40. The lowest BCUT2D eigenvalue weighted by Crippen LogP contribution is -2.30.